The Bertz CT molecular complexity index is 1660. The fourth-order valence-electron chi connectivity index (χ4n) is 3.95. The maximum absolute atomic E-state index is 13.0. The van der Waals surface area contributed by atoms with Gasteiger partial charge in [0.05, 0.1) is 18.2 Å². The molecule has 0 unspecified atom stereocenters. The van der Waals surface area contributed by atoms with Gasteiger partial charge >= 0.3 is 5.63 Å². The van der Waals surface area contributed by atoms with Crippen LogP contribution in [-0.2, 0) is 0 Å². The van der Waals surface area contributed by atoms with Crippen molar-refractivity contribution >= 4 is 16.6 Å². The molecule has 5 rings (SSSR count). The first-order valence-electron chi connectivity index (χ1n) is 10.1. The van der Waals surface area contributed by atoms with Gasteiger partial charge in [0.15, 0.2) is 5.65 Å². The zero-order chi connectivity index (χ0) is 23.3. The van der Waals surface area contributed by atoms with Crippen molar-refractivity contribution in [3.05, 3.63) is 75.9 Å². The van der Waals surface area contributed by atoms with Gasteiger partial charge in [-0.05, 0) is 49.7 Å². The second-order valence-electron chi connectivity index (χ2n) is 7.67. The average molecular weight is 438 g/mol. The lowest BCUT2D eigenvalue weighted by Crippen LogP contribution is -2.09. The first-order valence-corrected chi connectivity index (χ1v) is 10.1. The minimum Gasteiger partial charge on any atom is -0.506 e. The van der Waals surface area contributed by atoms with E-state index in [4.69, 9.17) is 9.15 Å². The van der Waals surface area contributed by atoms with Crippen LogP contribution in [0.5, 0.6) is 11.5 Å². The van der Waals surface area contributed by atoms with Crippen molar-refractivity contribution in [1.29, 1.82) is 5.26 Å². The van der Waals surface area contributed by atoms with Crippen molar-refractivity contribution in [3.63, 3.8) is 0 Å². The van der Waals surface area contributed by atoms with Gasteiger partial charge in [-0.1, -0.05) is 23.8 Å². The molecule has 8 nitrogen and oxygen atoms in total. The quantitative estimate of drug-likeness (QED) is 0.416. The molecule has 5 aromatic rings. The summed E-state index contributed by atoms with van der Waals surface area (Å²) >= 11 is 0. The van der Waals surface area contributed by atoms with Crippen LogP contribution in [0.4, 0.5) is 0 Å². The molecule has 0 saturated heterocycles. The van der Waals surface area contributed by atoms with Gasteiger partial charge in [-0.15, -0.1) is 0 Å². The van der Waals surface area contributed by atoms with Gasteiger partial charge in [0.1, 0.15) is 40.1 Å². The lowest BCUT2D eigenvalue weighted by Gasteiger charge is -2.12. The Labute approximate surface area is 187 Å². The summed E-state index contributed by atoms with van der Waals surface area (Å²) < 4.78 is 12.1. The van der Waals surface area contributed by atoms with E-state index in [2.05, 4.69) is 16.2 Å². The molecule has 0 saturated carbocycles. The van der Waals surface area contributed by atoms with E-state index in [9.17, 15) is 15.2 Å². The molecule has 0 aliphatic heterocycles. The molecule has 0 aliphatic carbocycles. The average Bonchev–Trinajstić information content (AvgIpc) is 3.20. The van der Waals surface area contributed by atoms with Crippen LogP contribution in [-0.4, -0.2) is 26.8 Å². The van der Waals surface area contributed by atoms with Gasteiger partial charge in [0, 0.05) is 5.56 Å². The van der Waals surface area contributed by atoms with Crippen molar-refractivity contribution in [2.75, 3.05) is 7.11 Å². The smallest absolute Gasteiger partial charge is 0.349 e. The van der Waals surface area contributed by atoms with Crippen LogP contribution in [0.2, 0.25) is 0 Å². The number of ether oxygens (including phenoxy) is 1. The Hall–Kier alpha value is -4.64. The molecule has 2 aromatic carbocycles. The number of aromatic hydroxyl groups is 1. The molecule has 0 bridgehead atoms. The summed E-state index contributed by atoms with van der Waals surface area (Å²) in [5.41, 5.74) is 2.51. The number of rotatable bonds is 3. The number of pyridine rings is 1. The monoisotopic (exact) mass is 438 g/mol. The summed E-state index contributed by atoms with van der Waals surface area (Å²) in [6.07, 6.45) is 0. The molecule has 162 valence electrons. The molecule has 0 spiro atoms. The highest BCUT2D eigenvalue weighted by atomic mass is 16.5. The van der Waals surface area contributed by atoms with E-state index in [1.807, 2.05) is 19.1 Å². The fraction of sp³-hybridized carbons (Fsp3) is 0.120. The normalized spacial score (nSPS) is 11.1. The van der Waals surface area contributed by atoms with Gasteiger partial charge in [0.25, 0.3) is 0 Å². The molecule has 0 fully saturated rings. The van der Waals surface area contributed by atoms with Crippen molar-refractivity contribution in [1.82, 2.24) is 14.6 Å². The predicted molar refractivity (Wildman–Crippen MR) is 122 cm³/mol. The lowest BCUT2D eigenvalue weighted by atomic mass is 9.98. The number of nitriles is 1. The first-order chi connectivity index (χ1) is 15.9. The summed E-state index contributed by atoms with van der Waals surface area (Å²) in [6, 6.07) is 16.2. The lowest BCUT2D eigenvalue weighted by molar-refractivity contribution is 0.415. The van der Waals surface area contributed by atoms with Crippen LogP contribution in [0.1, 0.15) is 17.0 Å². The second kappa shape index (κ2) is 7.50. The Morgan fingerprint density at radius 3 is 2.58 bits per heavy atom. The zero-order valence-corrected chi connectivity index (χ0v) is 18.1. The molecule has 1 N–H and O–H groups in total. The number of nitrogens with zero attached hydrogens (tertiary/aromatic N) is 4. The van der Waals surface area contributed by atoms with E-state index in [0.29, 0.717) is 28.1 Å². The van der Waals surface area contributed by atoms with E-state index < -0.39 is 5.63 Å². The highest BCUT2D eigenvalue weighted by Crippen LogP contribution is 2.37. The van der Waals surface area contributed by atoms with Crippen LogP contribution in [0.3, 0.4) is 0 Å². The van der Waals surface area contributed by atoms with Crippen LogP contribution in [0.15, 0.2) is 57.7 Å². The highest BCUT2D eigenvalue weighted by Gasteiger charge is 2.24. The number of methoxy groups -OCH3 is 1. The third kappa shape index (κ3) is 3.18. The van der Waals surface area contributed by atoms with E-state index in [1.54, 1.807) is 50.4 Å². The Morgan fingerprint density at radius 1 is 1.12 bits per heavy atom. The van der Waals surface area contributed by atoms with E-state index in [1.165, 1.54) is 4.52 Å². The van der Waals surface area contributed by atoms with Crippen LogP contribution < -0.4 is 10.4 Å². The molecule has 33 heavy (non-hydrogen) atoms. The highest BCUT2D eigenvalue weighted by molar-refractivity contribution is 5.92. The van der Waals surface area contributed by atoms with Crippen LogP contribution >= 0.6 is 0 Å². The third-order valence-corrected chi connectivity index (χ3v) is 5.52. The Kier molecular flexibility index (Phi) is 4.61. The minimum atomic E-state index is -0.719. The van der Waals surface area contributed by atoms with Crippen molar-refractivity contribution in [3.8, 4) is 40.0 Å². The maximum atomic E-state index is 13.0. The van der Waals surface area contributed by atoms with E-state index in [0.717, 1.165) is 11.1 Å². The van der Waals surface area contributed by atoms with Crippen molar-refractivity contribution < 1.29 is 14.3 Å². The zero-order valence-electron chi connectivity index (χ0n) is 18.1. The summed E-state index contributed by atoms with van der Waals surface area (Å²) in [4.78, 5) is 17.4. The first kappa shape index (κ1) is 20.3. The van der Waals surface area contributed by atoms with E-state index >= 15 is 0 Å². The largest absolute Gasteiger partial charge is 0.506 e. The molecular formula is C25H18N4O4. The summed E-state index contributed by atoms with van der Waals surface area (Å²) in [6.45, 7) is 3.57. The molecular weight excluding hydrogens is 420 g/mol. The number of hydrogen-bond acceptors (Lipinski definition) is 7. The molecule has 3 aromatic heterocycles. The molecule has 8 heteroatoms. The number of fused-ring (bicyclic) bond motifs is 2. The van der Waals surface area contributed by atoms with Crippen LogP contribution in [0.25, 0.3) is 39.0 Å². The molecule has 0 radical (unpaired) electrons. The minimum absolute atomic E-state index is 0.0535. The van der Waals surface area contributed by atoms with E-state index in [-0.39, 0.29) is 28.2 Å². The second-order valence-corrected chi connectivity index (χ2v) is 7.67. The molecule has 0 amide bonds. The van der Waals surface area contributed by atoms with Gasteiger partial charge in [-0.3, -0.25) is 0 Å². The van der Waals surface area contributed by atoms with Crippen LogP contribution in [0, 0.1) is 25.2 Å². The maximum Gasteiger partial charge on any atom is 0.349 e. The summed E-state index contributed by atoms with van der Waals surface area (Å²) in [5, 5.41) is 25.9. The Balaban J connectivity index is 1.90. The third-order valence-electron chi connectivity index (χ3n) is 5.52. The van der Waals surface area contributed by atoms with Gasteiger partial charge < -0.3 is 14.3 Å². The SMILES string of the molecule is COc1ccc(-c2cc(-c3c(O)c4cc(C)ccc4oc3=O)n3nc(C)nc3c2C#N)cc1. The molecule has 0 atom stereocenters. The Morgan fingerprint density at radius 2 is 1.88 bits per heavy atom. The summed E-state index contributed by atoms with van der Waals surface area (Å²) in [7, 11) is 1.57. The number of aromatic nitrogens is 3. The van der Waals surface area contributed by atoms with Crippen molar-refractivity contribution in [2.45, 2.75) is 13.8 Å². The molecule has 3 heterocycles. The topological polar surface area (TPSA) is 114 Å². The standard InChI is InChI=1S/C25H18N4O4/c1-13-4-9-21-18(10-13)23(30)22(25(31)33-21)20-11-17(15-5-7-16(32-3)8-6-15)19(12-26)24-27-14(2)28-29(20)24/h4-11,30H,1-3H3. The predicted octanol–water partition coefficient (Wildman–Crippen LogP) is 4.37. The summed E-state index contributed by atoms with van der Waals surface area (Å²) in [5.74, 6) is 0.866. The van der Waals surface area contributed by atoms with Gasteiger partial charge in [0.2, 0.25) is 0 Å². The molecule has 0 aliphatic rings. The number of hydrogen-bond donors (Lipinski definition) is 1. The number of benzene rings is 2. The van der Waals surface area contributed by atoms with Gasteiger partial charge in [-0.25, -0.2) is 14.3 Å². The van der Waals surface area contributed by atoms with Crippen molar-refractivity contribution in [2.24, 2.45) is 0 Å². The number of aryl methyl sites for hydroxylation is 2. The van der Waals surface area contributed by atoms with Gasteiger partial charge in [-0.2, -0.15) is 10.4 Å². The fourth-order valence-corrected chi connectivity index (χ4v) is 3.95.